The van der Waals surface area contributed by atoms with E-state index < -0.39 is 4.92 Å². The van der Waals surface area contributed by atoms with Crippen molar-refractivity contribution in [1.82, 2.24) is 15.0 Å². The van der Waals surface area contributed by atoms with Gasteiger partial charge in [-0.15, -0.1) is 5.10 Å². The van der Waals surface area contributed by atoms with Gasteiger partial charge in [-0.1, -0.05) is 5.21 Å². The Morgan fingerprint density at radius 3 is 2.95 bits per heavy atom. The van der Waals surface area contributed by atoms with Gasteiger partial charge in [0.15, 0.2) is 0 Å². The molecule has 1 aromatic carbocycles. The van der Waals surface area contributed by atoms with Crippen LogP contribution in [0.5, 0.6) is 0 Å². The van der Waals surface area contributed by atoms with Gasteiger partial charge in [0.25, 0.3) is 5.69 Å². The number of halogens is 1. The smallest absolute Gasteiger partial charge is 0.283 e. The Morgan fingerprint density at radius 2 is 2.30 bits per heavy atom. The molecule has 2 aromatic rings. The Morgan fingerprint density at radius 1 is 1.50 bits per heavy atom. The fourth-order valence-corrected chi connectivity index (χ4v) is 2.11. The average molecular weight is 342 g/mol. The van der Waals surface area contributed by atoms with Crippen LogP contribution in [0.25, 0.3) is 0 Å². The standard InChI is InChI=1S/C11H12BrN5O3/c12-10-5-8(1-2-11(10)17(19)20)13-6-9-7-16(3-4-18)15-14-9/h1-2,5,7,13,18H,3-4,6H2. The molecule has 0 aliphatic carbocycles. The highest BCUT2D eigenvalue weighted by Gasteiger charge is 2.11. The molecular weight excluding hydrogens is 330 g/mol. The van der Waals surface area contributed by atoms with Gasteiger partial charge in [-0.05, 0) is 28.1 Å². The molecule has 8 nitrogen and oxygen atoms in total. The third kappa shape index (κ3) is 3.52. The summed E-state index contributed by atoms with van der Waals surface area (Å²) in [7, 11) is 0. The van der Waals surface area contributed by atoms with Crippen molar-refractivity contribution in [3.05, 3.63) is 44.7 Å². The van der Waals surface area contributed by atoms with Crippen molar-refractivity contribution in [3.8, 4) is 0 Å². The van der Waals surface area contributed by atoms with Crippen molar-refractivity contribution < 1.29 is 10.0 Å². The maximum absolute atomic E-state index is 10.7. The zero-order chi connectivity index (χ0) is 14.5. The van der Waals surface area contributed by atoms with Crippen LogP contribution in [0, 0.1) is 10.1 Å². The summed E-state index contributed by atoms with van der Waals surface area (Å²) in [4.78, 5) is 10.2. The monoisotopic (exact) mass is 341 g/mol. The molecule has 0 atom stereocenters. The van der Waals surface area contributed by atoms with Crippen molar-refractivity contribution in [3.63, 3.8) is 0 Å². The molecule has 0 saturated carbocycles. The fraction of sp³-hybridized carbons (Fsp3) is 0.273. The van der Waals surface area contributed by atoms with Gasteiger partial charge in [-0.25, -0.2) is 4.68 Å². The van der Waals surface area contributed by atoms with E-state index in [9.17, 15) is 10.1 Å². The van der Waals surface area contributed by atoms with E-state index in [-0.39, 0.29) is 12.3 Å². The summed E-state index contributed by atoms with van der Waals surface area (Å²) in [5, 5.41) is 30.3. The van der Waals surface area contributed by atoms with E-state index in [0.29, 0.717) is 23.3 Å². The van der Waals surface area contributed by atoms with Gasteiger partial charge in [-0.3, -0.25) is 10.1 Å². The summed E-state index contributed by atoms with van der Waals surface area (Å²) in [6.07, 6.45) is 1.73. The summed E-state index contributed by atoms with van der Waals surface area (Å²) >= 11 is 3.16. The van der Waals surface area contributed by atoms with E-state index in [1.54, 1.807) is 23.0 Å². The van der Waals surface area contributed by atoms with Gasteiger partial charge in [-0.2, -0.15) is 0 Å². The first kappa shape index (κ1) is 14.4. The number of anilines is 1. The minimum atomic E-state index is -0.450. The van der Waals surface area contributed by atoms with Crippen LogP contribution in [-0.4, -0.2) is 31.6 Å². The maximum Gasteiger partial charge on any atom is 0.283 e. The highest BCUT2D eigenvalue weighted by molar-refractivity contribution is 9.10. The lowest BCUT2D eigenvalue weighted by Crippen LogP contribution is -2.02. The Kier molecular flexibility index (Phi) is 4.64. The van der Waals surface area contributed by atoms with Crippen LogP contribution in [0.3, 0.4) is 0 Å². The molecule has 0 amide bonds. The lowest BCUT2D eigenvalue weighted by molar-refractivity contribution is -0.385. The molecule has 20 heavy (non-hydrogen) atoms. The number of aromatic nitrogens is 3. The highest BCUT2D eigenvalue weighted by atomic mass is 79.9. The van der Waals surface area contributed by atoms with Crippen LogP contribution in [-0.2, 0) is 13.1 Å². The predicted octanol–water partition coefficient (Wildman–Crippen LogP) is 1.55. The second kappa shape index (κ2) is 6.44. The molecule has 1 heterocycles. The Balaban J connectivity index is 1.99. The number of nitrogens with zero attached hydrogens (tertiary/aromatic N) is 4. The summed E-state index contributed by atoms with van der Waals surface area (Å²) in [6.45, 7) is 0.845. The van der Waals surface area contributed by atoms with Crippen molar-refractivity contribution in [2.45, 2.75) is 13.1 Å². The molecule has 0 radical (unpaired) electrons. The summed E-state index contributed by atoms with van der Waals surface area (Å²) in [5.41, 5.74) is 1.47. The van der Waals surface area contributed by atoms with Crippen molar-refractivity contribution in [2.24, 2.45) is 0 Å². The highest BCUT2D eigenvalue weighted by Crippen LogP contribution is 2.27. The molecule has 0 saturated heterocycles. The Hall–Kier alpha value is -2.00. The second-order valence-corrected chi connectivity index (χ2v) is 4.83. The van der Waals surface area contributed by atoms with Gasteiger partial charge in [0.1, 0.15) is 5.69 Å². The molecule has 0 bridgehead atoms. The number of rotatable bonds is 6. The summed E-state index contributed by atoms with van der Waals surface area (Å²) in [6, 6.07) is 4.69. The molecule has 0 aliphatic rings. The minimum absolute atomic E-state index is 0.00548. The maximum atomic E-state index is 10.7. The van der Waals surface area contributed by atoms with Crippen LogP contribution in [0.4, 0.5) is 11.4 Å². The Bertz CT molecular complexity index is 616. The van der Waals surface area contributed by atoms with Crippen LogP contribution in [0.15, 0.2) is 28.9 Å². The van der Waals surface area contributed by atoms with Gasteiger partial charge in [0.2, 0.25) is 0 Å². The number of hydrogen-bond acceptors (Lipinski definition) is 6. The topological polar surface area (TPSA) is 106 Å². The number of nitro benzene ring substituents is 1. The third-order valence-electron chi connectivity index (χ3n) is 2.53. The van der Waals surface area contributed by atoms with Gasteiger partial charge in [0, 0.05) is 11.8 Å². The van der Waals surface area contributed by atoms with E-state index in [4.69, 9.17) is 5.11 Å². The number of benzene rings is 1. The minimum Gasteiger partial charge on any atom is -0.394 e. The van der Waals surface area contributed by atoms with Gasteiger partial charge >= 0.3 is 0 Å². The molecule has 9 heteroatoms. The van der Waals surface area contributed by atoms with E-state index in [1.165, 1.54) is 6.07 Å². The van der Waals surface area contributed by atoms with E-state index in [2.05, 4.69) is 31.6 Å². The zero-order valence-electron chi connectivity index (χ0n) is 10.4. The lowest BCUT2D eigenvalue weighted by atomic mass is 10.3. The van der Waals surface area contributed by atoms with Gasteiger partial charge < -0.3 is 10.4 Å². The third-order valence-corrected chi connectivity index (χ3v) is 3.17. The molecule has 0 aliphatic heterocycles. The summed E-state index contributed by atoms with van der Waals surface area (Å²) < 4.78 is 1.96. The first-order valence-electron chi connectivity index (χ1n) is 5.78. The number of aliphatic hydroxyl groups is 1. The van der Waals surface area contributed by atoms with Crippen molar-refractivity contribution >= 4 is 27.3 Å². The molecular formula is C11H12BrN5O3. The quantitative estimate of drug-likeness (QED) is 0.609. The number of hydrogen-bond donors (Lipinski definition) is 2. The van der Waals surface area contributed by atoms with Crippen LogP contribution < -0.4 is 5.32 Å². The van der Waals surface area contributed by atoms with Gasteiger partial charge in [0.05, 0.1) is 35.3 Å². The normalized spacial score (nSPS) is 10.5. The SMILES string of the molecule is O=[N+]([O-])c1ccc(NCc2cn(CCO)nn2)cc1Br. The molecule has 2 rings (SSSR count). The predicted molar refractivity (Wildman–Crippen MR) is 75.2 cm³/mol. The molecule has 106 valence electrons. The number of aliphatic hydroxyl groups excluding tert-OH is 1. The van der Waals surface area contributed by atoms with Crippen LogP contribution in [0.2, 0.25) is 0 Å². The molecule has 1 aromatic heterocycles. The van der Waals surface area contributed by atoms with E-state index in [1.807, 2.05) is 0 Å². The first-order valence-corrected chi connectivity index (χ1v) is 6.57. The second-order valence-electron chi connectivity index (χ2n) is 3.97. The summed E-state index contributed by atoms with van der Waals surface area (Å²) in [5.74, 6) is 0. The zero-order valence-corrected chi connectivity index (χ0v) is 11.9. The largest absolute Gasteiger partial charge is 0.394 e. The molecule has 0 fully saturated rings. The van der Waals surface area contributed by atoms with Crippen molar-refractivity contribution in [2.75, 3.05) is 11.9 Å². The van der Waals surface area contributed by atoms with E-state index >= 15 is 0 Å². The van der Waals surface area contributed by atoms with E-state index in [0.717, 1.165) is 5.69 Å². The fourth-order valence-electron chi connectivity index (χ4n) is 1.59. The number of nitro groups is 1. The molecule has 0 unspecified atom stereocenters. The average Bonchev–Trinajstić information content (AvgIpc) is 2.84. The molecule has 2 N–H and O–H groups in total. The first-order chi connectivity index (χ1) is 9.60. The Labute approximate surface area is 122 Å². The molecule has 0 spiro atoms. The van der Waals surface area contributed by atoms with Crippen LogP contribution >= 0.6 is 15.9 Å². The number of nitrogens with one attached hydrogen (secondary N) is 1. The van der Waals surface area contributed by atoms with Crippen molar-refractivity contribution in [1.29, 1.82) is 0 Å². The lowest BCUT2D eigenvalue weighted by Gasteiger charge is -2.04. The van der Waals surface area contributed by atoms with Crippen LogP contribution in [0.1, 0.15) is 5.69 Å².